The van der Waals surface area contributed by atoms with Crippen LogP contribution in [0.25, 0.3) is 10.9 Å². The fourth-order valence-electron chi connectivity index (χ4n) is 12.9. The van der Waals surface area contributed by atoms with Gasteiger partial charge in [-0.2, -0.15) is 0 Å². The molecule has 0 spiro atoms. The van der Waals surface area contributed by atoms with Crippen LogP contribution in [0, 0.1) is 11.8 Å². The molecule has 662 valence electrons. The highest BCUT2D eigenvalue weighted by atomic mass is 16.4. The van der Waals surface area contributed by atoms with Gasteiger partial charge in [-0.15, -0.1) is 0 Å². The number of fused-ring (bicyclic) bond motifs is 1. The highest BCUT2D eigenvalue weighted by molar-refractivity contribution is 6.01. The zero-order chi connectivity index (χ0) is 89.8. The van der Waals surface area contributed by atoms with Gasteiger partial charge in [0.25, 0.3) is 5.91 Å². The third kappa shape index (κ3) is 34.8. The van der Waals surface area contributed by atoms with Crippen LogP contribution < -0.4 is 109 Å². The SMILES string of the molecule is CC(C)C[C@H](NC(=O)[C@H](CCC[NH+]=C(N)N)NC(=O)[C@H](CCC(N)=O)NC(=O)[C@H](C)NC(=O)[C@H](CCC(=O)O)NC(=O)[C@@H](NC(=O)[C@H](Cc1c[nH]c2ccccc12)NC(=O)[C@H](CCC(=O)O)NC(=O)[C@@H]1CCCN1C(=O)[C@H](Cc1ccc(O)cc1)NC(=O)[C@H](CC(C)C)NC(=O)[C@H](CCC(N)=O)NC(=O)[C@@H]([NH3+])CCC[NH+]=C(N)N)[C@@H](C)O)C(=O)O. The number of benzene rings is 2. The maximum atomic E-state index is 15.1. The summed E-state index contributed by atoms with van der Waals surface area (Å²) in [5.41, 5.74) is 38.0. The Hall–Kier alpha value is -12.8. The van der Waals surface area contributed by atoms with E-state index in [1.807, 2.05) is 0 Å². The highest BCUT2D eigenvalue weighted by Crippen LogP contribution is 2.24. The van der Waals surface area contributed by atoms with Gasteiger partial charge in [0.05, 0.1) is 19.2 Å². The summed E-state index contributed by atoms with van der Waals surface area (Å²) in [5, 5.41) is 78.7. The molecule has 0 radical (unpaired) electrons. The van der Waals surface area contributed by atoms with E-state index >= 15 is 4.79 Å². The molecular weight excluding hydrogens is 1570 g/mol. The number of phenolic OH excluding ortho intramolecular Hbond substituents is 1. The van der Waals surface area contributed by atoms with Crippen LogP contribution in [0.5, 0.6) is 5.75 Å². The number of primary amides is 2. The number of hydrogen-bond donors (Lipinski definition) is 26. The summed E-state index contributed by atoms with van der Waals surface area (Å²) in [7, 11) is 0. The van der Waals surface area contributed by atoms with Gasteiger partial charge in [-0.05, 0) is 126 Å². The van der Waals surface area contributed by atoms with Gasteiger partial charge in [-0.1, -0.05) is 58.0 Å². The number of quaternary nitrogens is 1. The van der Waals surface area contributed by atoms with Crippen LogP contribution in [0.3, 0.4) is 0 Å². The van der Waals surface area contributed by atoms with Gasteiger partial charge >= 0.3 is 29.8 Å². The molecule has 14 atom stereocenters. The largest absolute Gasteiger partial charge is 0.508 e. The molecule has 2 aromatic carbocycles. The molecule has 44 nitrogen and oxygen atoms in total. The van der Waals surface area contributed by atoms with Gasteiger partial charge in [0, 0.05) is 68.6 Å². The van der Waals surface area contributed by atoms with Crippen LogP contribution in [-0.4, -0.2) is 252 Å². The van der Waals surface area contributed by atoms with Crippen molar-refractivity contribution in [3.05, 3.63) is 65.9 Å². The van der Waals surface area contributed by atoms with E-state index in [0.717, 1.165) is 18.7 Å². The summed E-state index contributed by atoms with van der Waals surface area (Å²) in [6, 6.07) is -8.16. The van der Waals surface area contributed by atoms with Crippen molar-refractivity contribution in [1.29, 1.82) is 0 Å². The minimum absolute atomic E-state index is 0.00187. The Balaban J connectivity index is 1.65. The first-order chi connectivity index (χ1) is 56.4. The standard InChI is InChI=1S/C76H116N22O22/c1-37(2)32-52(93-67(112)49(22-26-58(79)102)89-63(108)45(77)13-9-29-84-75(80)81)69(114)95-54(34-41-17-19-43(100)20-18-41)73(118)98-31-11-16-56(98)71(116)91-51(24-28-60(105)106)68(113)94-53(35-42-36-86-46-14-8-7-12-44(42)46)70(115)97-61(40(6)99)72(117)92-50(23-27-59(103)104)64(109)87-39(5)62(107)88-48(21-25-57(78)101)66(111)90-47(15-10-30-85-76(82)83)65(110)96-55(74(119)120)33-38(3)4/h7-8,12,14,17-20,36-40,45,47-56,61,86,99-100H,9-11,13,15-16,21-35,77H2,1-6H3,(H2,78,101)(H2,79,102)(H,87,109)(H,88,107)(H,89,108)(H,90,111)(H,91,116)(H,92,117)(H,93,112)(H,94,113)(H,95,114)(H,96,110)(H,97,115)(H,103,104)(H,105,106)(H,119,120)(H4,80,81,84)(H4,82,83,85)/p+3/t39-,40+,45-,47-,48-,49-,50-,51-,52-,53-,54-,55-,56-,61-/m0/s1. The fraction of sp³-hybridized carbons (Fsp3) is 0.566. The molecule has 4 rings (SSSR count). The first kappa shape index (κ1) is 99.6. The summed E-state index contributed by atoms with van der Waals surface area (Å²) in [4.78, 5) is 242. The van der Waals surface area contributed by atoms with E-state index in [1.54, 1.807) is 52.0 Å². The number of aliphatic carboxylic acids is 3. The third-order valence-corrected chi connectivity index (χ3v) is 19.3. The number of rotatable bonds is 53. The molecule has 1 aliphatic rings. The normalized spacial score (nSPS) is 15.7. The van der Waals surface area contributed by atoms with Crippen LogP contribution in [0.15, 0.2) is 54.7 Å². The number of carbonyl (C=O) groups is 17. The number of aliphatic hydroxyl groups excluding tert-OH is 1. The smallest absolute Gasteiger partial charge is 0.338 e. The summed E-state index contributed by atoms with van der Waals surface area (Å²) >= 11 is 0. The molecular formula is C76H119N22O22+3. The van der Waals surface area contributed by atoms with E-state index in [2.05, 4.69) is 79.2 Å². The number of aromatic nitrogens is 1. The van der Waals surface area contributed by atoms with E-state index in [1.165, 1.54) is 30.5 Å². The quantitative estimate of drug-likeness (QED) is 0.0142. The Morgan fingerprint density at radius 3 is 1.43 bits per heavy atom. The van der Waals surface area contributed by atoms with Crippen molar-refractivity contribution >= 4 is 123 Å². The molecule has 34 N–H and O–H groups in total. The molecule has 0 unspecified atom stereocenters. The predicted octanol–water partition coefficient (Wildman–Crippen LogP) is -10.3. The number of aromatic amines is 1. The number of hydrogen-bond acceptors (Lipinski definition) is 19. The van der Waals surface area contributed by atoms with E-state index < -0.39 is 230 Å². The average Bonchev–Trinajstić information content (AvgIpc) is 1.64. The van der Waals surface area contributed by atoms with E-state index in [-0.39, 0.29) is 107 Å². The van der Waals surface area contributed by atoms with Crippen molar-refractivity contribution < 1.29 is 123 Å². The van der Waals surface area contributed by atoms with Crippen molar-refractivity contribution in [2.24, 2.45) is 46.2 Å². The van der Waals surface area contributed by atoms with Crippen molar-refractivity contribution in [3.8, 4) is 5.75 Å². The zero-order valence-corrected chi connectivity index (χ0v) is 68.1. The fourth-order valence-corrected chi connectivity index (χ4v) is 12.9. The number of H-pyrrole nitrogens is 1. The van der Waals surface area contributed by atoms with Crippen molar-refractivity contribution in [3.63, 3.8) is 0 Å². The number of aliphatic hydroxyl groups is 1. The number of phenols is 1. The van der Waals surface area contributed by atoms with Crippen LogP contribution in [0.4, 0.5) is 0 Å². The second-order valence-corrected chi connectivity index (χ2v) is 30.3. The summed E-state index contributed by atoms with van der Waals surface area (Å²) in [6.07, 6.45) is -5.03. The van der Waals surface area contributed by atoms with Crippen molar-refractivity contribution in [1.82, 2.24) is 68.4 Å². The Morgan fingerprint density at radius 1 is 0.483 bits per heavy atom. The topological polar surface area (TPSA) is 754 Å². The van der Waals surface area contributed by atoms with E-state index in [9.17, 15) is 102 Å². The zero-order valence-electron chi connectivity index (χ0n) is 68.1. The number of nitrogens with two attached hydrogens (primary N) is 6. The summed E-state index contributed by atoms with van der Waals surface area (Å²) in [6.45, 7) is 9.35. The lowest BCUT2D eigenvalue weighted by atomic mass is 9.99. The van der Waals surface area contributed by atoms with Gasteiger partial charge in [0.15, 0.2) is 6.04 Å². The van der Waals surface area contributed by atoms with Gasteiger partial charge in [0.1, 0.15) is 78.3 Å². The van der Waals surface area contributed by atoms with Crippen LogP contribution in [0.2, 0.25) is 0 Å². The summed E-state index contributed by atoms with van der Waals surface area (Å²) in [5.74, 6) is -19.3. The number of carbonyl (C=O) groups excluding carboxylic acids is 14. The third-order valence-electron chi connectivity index (χ3n) is 19.3. The number of nitrogens with one attached hydrogen (secondary N) is 14. The molecule has 2 heterocycles. The highest BCUT2D eigenvalue weighted by Gasteiger charge is 2.42. The van der Waals surface area contributed by atoms with Gasteiger partial charge in [0.2, 0.25) is 76.8 Å². The molecule has 1 aromatic heterocycles. The van der Waals surface area contributed by atoms with Crippen LogP contribution in [0.1, 0.15) is 155 Å². The van der Waals surface area contributed by atoms with Gasteiger partial charge < -0.3 is 111 Å². The second-order valence-electron chi connectivity index (χ2n) is 30.3. The van der Waals surface area contributed by atoms with E-state index in [0.29, 0.717) is 35.0 Å². The molecule has 0 bridgehead atoms. The van der Waals surface area contributed by atoms with Crippen molar-refractivity contribution in [2.75, 3.05) is 19.6 Å². The average molecular weight is 1690 g/mol. The molecule has 0 saturated carbocycles. The van der Waals surface area contributed by atoms with Gasteiger partial charge in [-0.3, -0.25) is 110 Å². The molecule has 44 heteroatoms. The molecule has 120 heavy (non-hydrogen) atoms. The lowest BCUT2D eigenvalue weighted by Crippen LogP contribution is -2.78. The Bertz CT molecular complexity index is 4150. The number of carboxylic acids is 3. The first-order valence-corrected chi connectivity index (χ1v) is 39.4. The number of para-hydroxylation sites is 1. The maximum Gasteiger partial charge on any atom is 0.338 e. The Morgan fingerprint density at radius 2 is 0.917 bits per heavy atom. The Kier molecular flexibility index (Phi) is 41.0. The maximum absolute atomic E-state index is 15.1. The molecule has 3 aromatic rings. The molecule has 1 fully saturated rings. The molecule has 14 amide bonds. The molecule has 0 aliphatic carbocycles. The first-order valence-electron chi connectivity index (χ1n) is 39.4. The van der Waals surface area contributed by atoms with E-state index in [4.69, 9.17) is 34.4 Å². The number of amides is 14. The summed E-state index contributed by atoms with van der Waals surface area (Å²) < 4.78 is 0. The van der Waals surface area contributed by atoms with Crippen LogP contribution in [-0.2, 0) is 94.3 Å². The molecule has 1 saturated heterocycles. The number of nitrogens with zero attached hydrogens (tertiary/aromatic N) is 1. The van der Waals surface area contributed by atoms with Crippen molar-refractivity contribution in [2.45, 2.75) is 242 Å². The second kappa shape index (κ2) is 49.5. The number of aromatic hydroxyl groups is 1. The lowest BCUT2D eigenvalue weighted by molar-refractivity contribution is -0.463. The number of carboxylic acid groups (broad SMARTS) is 3. The van der Waals surface area contributed by atoms with Crippen LogP contribution >= 0.6 is 0 Å². The number of likely N-dealkylation sites (tertiary alicyclic amines) is 1. The Labute approximate surface area is 691 Å². The minimum Gasteiger partial charge on any atom is -0.508 e. The molecule has 1 aliphatic heterocycles. The minimum atomic E-state index is -2.06. The lowest BCUT2D eigenvalue weighted by Gasteiger charge is -2.31. The monoisotopic (exact) mass is 1690 g/mol. The number of guanidine groups is 2. The predicted molar refractivity (Wildman–Crippen MR) is 428 cm³/mol. The van der Waals surface area contributed by atoms with Gasteiger partial charge in [-0.25, -0.2) is 4.79 Å².